The smallest absolute Gasteiger partial charge is 0.405 e. The Balaban J connectivity index is 2.59. The van der Waals surface area contributed by atoms with Gasteiger partial charge in [0.15, 0.2) is 5.92 Å². The first-order valence-corrected chi connectivity index (χ1v) is 5.72. The standard InChI is InChI=1S/C13H15F3N2O/c1-9(10-3-5-12(19-2)6-4-10)18-8-11(7-17)13(14,15)16/h3-6,9,11,18H,8H2,1-2H3. The Labute approximate surface area is 110 Å². The van der Waals surface area contributed by atoms with Gasteiger partial charge in [-0.1, -0.05) is 12.1 Å². The molecular formula is C13H15F3N2O. The number of nitrogens with zero attached hydrogens (tertiary/aromatic N) is 1. The van der Waals surface area contributed by atoms with Crippen LogP contribution in [0, 0.1) is 17.2 Å². The summed E-state index contributed by atoms with van der Waals surface area (Å²) < 4.78 is 42.2. The van der Waals surface area contributed by atoms with Crippen molar-refractivity contribution in [2.24, 2.45) is 5.92 Å². The molecule has 1 aromatic carbocycles. The quantitative estimate of drug-likeness (QED) is 0.896. The van der Waals surface area contributed by atoms with Gasteiger partial charge in [0.2, 0.25) is 0 Å². The second-order valence-corrected chi connectivity index (χ2v) is 4.13. The topological polar surface area (TPSA) is 45.0 Å². The number of alkyl halides is 3. The second-order valence-electron chi connectivity index (χ2n) is 4.13. The van der Waals surface area contributed by atoms with Gasteiger partial charge < -0.3 is 10.1 Å². The first-order chi connectivity index (χ1) is 8.88. The van der Waals surface area contributed by atoms with Gasteiger partial charge in [-0.3, -0.25) is 0 Å². The molecule has 0 amide bonds. The number of methoxy groups -OCH3 is 1. The number of nitriles is 1. The summed E-state index contributed by atoms with van der Waals surface area (Å²) in [5.74, 6) is -1.31. The number of rotatable bonds is 5. The van der Waals surface area contributed by atoms with Crippen molar-refractivity contribution in [1.82, 2.24) is 5.32 Å². The van der Waals surface area contributed by atoms with Crippen molar-refractivity contribution in [1.29, 1.82) is 5.26 Å². The number of nitrogens with one attached hydrogen (secondary N) is 1. The van der Waals surface area contributed by atoms with Crippen LogP contribution in [0.5, 0.6) is 5.75 Å². The lowest BCUT2D eigenvalue weighted by Crippen LogP contribution is -2.33. The van der Waals surface area contributed by atoms with E-state index in [1.54, 1.807) is 31.2 Å². The van der Waals surface area contributed by atoms with Gasteiger partial charge in [0.25, 0.3) is 0 Å². The van der Waals surface area contributed by atoms with Crippen LogP contribution in [-0.4, -0.2) is 19.8 Å². The minimum Gasteiger partial charge on any atom is -0.497 e. The molecule has 0 aliphatic rings. The highest BCUT2D eigenvalue weighted by Gasteiger charge is 2.39. The Morgan fingerprint density at radius 1 is 1.32 bits per heavy atom. The number of hydrogen-bond acceptors (Lipinski definition) is 3. The molecule has 0 aliphatic heterocycles. The van der Waals surface area contributed by atoms with Crippen LogP contribution in [0.4, 0.5) is 13.2 Å². The summed E-state index contributed by atoms with van der Waals surface area (Å²) in [6.07, 6.45) is -4.50. The average Bonchev–Trinajstić information content (AvgIpc) is 2.37. The molecule has 3 nitrogen and oxygen atoms in total. The van der Waals surface area contributed by atoms with E-state index in [0.29, 0.717) is 5.75 Å². The van der Waals surface area contributed by atoms with E-state index < -0.39 is 18.6 Å². The summed E-state index contributed by atoms with van der Waals surface area (Å²) in [5, 5.41) is 11.2. The maximum Gasteiger partial charge on any atom is 0.405 e. The van der Waals surface area contributed by atoms with Crippen LogP contribution in [0.15, 0.2) is 24.3 Å². The molecule has 0 saturated heterocycles. The van der Waals surface area contributed by atoms with Crippen molar-refractivity contribution in [3.05, 3.63) is 29.8 Å². The zero-order valence-corrected chi connectivity index (χ0v) is 10.7. The van der Waals surface area contributed by atoms with Crippen molar-refractivity contribution in [2.45, 2.75) is 19.1 Å². The lowest BCUT2D eigenvalue weighted by molar-refractivity contribution is -0.157. The Kier molecular flexibility index (Phi) is 5.19. The van der Waals surface area contributed by atoms with E-state index in [2.05, 4.69) is 5.32 Å². The van der Waals surface area contributed by atoms with Gasteiger partial charge in [-0.15, -0.1) is 0 Å². The monoisotopic (exact) mass is 272 g/mol. The van der Waals surface area contributed by atoms with Gasteiger partial charge in [-0.2, -0.15) is 18.4 Å². The second kappa shape index (κ2) is 6.43. The molecule has 0 bridgehead atoms. The van der Waals surface area contributed by atoms with Crippen molar-refractivity contribution < 1.29 is 17.9 Å². The molecule has 0 fully saturated rings. The lowest BCUT2D eigenvalue weighted by Gasteiger charge is -2.18. The van der Waals surface area contributed by atoms with E-state index in [0.717, 1.165) is 5.56 Å². The Hall–Kier alpha value is -1.74. The summed E-state index contributed by atoms with van der Waals surface area (Å²) in [7, 11) is 1.54. The minimum atomic E-state index is -4.50. The maximum atomic E-state index is 12.4. The molecule has 0 heterocycles. The van der Waals surface area contributed by atoms with Crippen molar-refractivity contribution >= 4 is 0 Å². The summed E-state index contributed by atoms with van der Waals surface area (Å²) in [6.45, 7) is 1.32. The molecule has 1 N–H and O–H groups in total. The molecule has 0 aromatic heterocycles. The van der Waals surface area contributed by atoms with Crippen molar-refractivity contribution in [2.75, 3.05) is 13.7 Å². The van der Waals surface area contributed by atoms with Crippen LogP contribution >= 0.6 is 0 Å². The van der Waals surface area contributed by atoms with E-state index in [9.17, 15) is 13.2 Å². The molecule has 19 heavy (non-hydrogen) atoms. The molecule has 0 saturated carbocycles. The largest absolute Gasteiger partial charge is 0.497 e. The maximum absolute atomic E-state index is 12.4. The molecule has 0 aliphatic carbocycles. The van der Waals surface area contributed by atoms with Crippen molar-refractivity contribution in [3.63, 3.8) is 0 Å². The summed E-state index contributed by atoms with van der Waals surface area (Å²) in [4.78, 5) is 0. The number of hydrogen-bond donors (Lipinski definition) is 1. The Morgan fingerprint density at radius 3 is 2.32 bits per heavy atom. The van der Waals surface area contributed by atoms with Gasteiger partial charge >= 0.3 is 6.18 Å². The first kappa shape index (κ1) is 15.3. The lowest BCUT2D eigenvalue weighted by atomic mass is 10.1. The summed E-state index contributed by atoms with van der Waals surface area (Å²) in [6, 6.07) is 7.99. The fraction of sp³-hybridized carbons (Fsp3) is 0.462. The number of ether oxygens (including phenoxy) is 1. The van der Waals surface area contributed by atoms with Crippen LogP contribution in [0.3, 0.4) is 0 Å². The molecule has 6 heteroatoms. The van der Waals surface area contributed by atoms with Crippen LogP contribution in [0.2, 0.25) is 0 Å². The van der Waals surface area contributed by atoms with E-state index in [1.165, 1.54) is 13.2 Å². The van der Waals surface area contributed by atoms with Gasteiger partial charge in [0.1, 0.15) is 5.75 Å². The van der Waals surface area contributed by atoms with Crippen LogP contribution in [-0.2, 0) is 0 Å². The van der Waals surface area contributed by atoms with Gasteiger partial charge in [-0.05, 0) is 24.6 Å². The molecule has 0 spiro atoms. The third-order valence-electron chi connectivity index (χ3n) is 2.79. The molecule has 0 radical (unpaired) electrons. The third-order valence-corrected chi connectivity index (χ3v) is 2.79. The summed E-state index contributed by atoms with van der Waals surface area (Å²) in [5.41, 5.74) is 0.833. The predicted molar refractivity (Wildman–Crippen MR) is 64.6 cm³/mol. The molecule has 2 atom stereocenters. The minimum absolute atomic E-state index is 0.274. The highest BCUT2D eigenvalue weighted by molar-refractivity contribution is 5.28. The first-order valence-electron chi connectivity index (χ1n) is 5.72. The van der Waals surface area contributed by atoms with E-state index >= 15 is 0 Å². The normalized spacial score (nSPS) is 14.5. The van der Waals surface area contributed by atoms with E-state index in [4.69, 9.17) is 10.00 Å². The zero-order chi connectivity index (χ0) is 14.5. The molecular weight excluding hydrogens is 257 g/mol. The third kappa shape index (κ3) is 4.45. The van der Waals surface area contributed by atoms with Crippen LogP contribution in [0.25, 0.3) is 0 Å². The molecule has 104 valence electrons. The SMILES string of the molecule is COc1ccc(C(C)NCC(C#N)C(F)(F)F)cc1. The average molecular weight is 272 g/mol. The Morgan fingerprint density at radius 2 is 1.89 bits per heavy atom. The fourth-order valence-electron chi connectivity index (χ4n) is 1.54. The highest BCUT2D eigenvalue weighted by atomic mass is 19.4. The van der Waals surface area contributed by atoms with Crippen molar-refractivity contribution in [3.8, 4) is 11.8 Å². The number of benzene rings is 1. The van der Waals surface area contributed by atoms with Gasteiger partial charge in [0, 0.05) is 12.6 Å². The predicted octanol–water partition coefficient (Wildman–Crippen LogP) is 3.05. The fourth-order valence-corrected chi connectivity index (χ4v) is 1.54. The van der Waals surface area contributed by atoms with Gasteiger partial charge in [-0.25, -0.2) is 0 Å². The highest BCUT2D eigenvalue weighted by Crippen LogP contribution is 2.26. The zero-order valence-electron chi connectivity index (χ0n) is 10.7. The van der Waals surface area contributed by atoms with E-state index in [-0.39, 0.29) is 6.04 Å². The van der Waals surface area contributed by atoms with E-state index in [1.807, 2.05) is 0 Å². The molecule has 1 aromatic rings. The summed E-state index contributed by atoms with van der Waals surface area (Å²) >= 11 is 0. The Bertz CT molecular complexity index is 437. The molecule has 1 rings (SSSR count). The van der Waals surface area contributed by atoms with Crippen LogP contribution in [0.1, 0.15) is 18.5 Å². The molecule has 2 unspecified atom stereocenters. The van der Waals surface area contributed by atoms with Crippen LogP contribution < -0.4 is 10.1 Å². The van der Waals surface area contributed by atoms with Gasteiger partial charge in [0.05, 0.1) is 13.2 Å². The number of halogens is 3.